The summed E-state index contributed by atoms with van der Waals surface area (Å²) < 4.78 is 37.0. The van der Waals surface area contributed by atoms with Gasteiger partial charge >= 0.3 is 0 Å². The van der Waals surface area contributed by atoms with Crippen LogP contribution in [0, 0.1) is 0 Å². The van der Waals surface area contributed by atoms with Crippen LogP contribution in [0.25, 0.3) is 0 Å². The van der Waals surface area contributed by atoms with Crippen LogP contribution in [-0.2, 0) is 14.8 Å². The summed E-state index contributed by atoms with van der Waals surface area (Å²) in [7, 11) is -2.54. The molecule has 3 heterocycles. The minimum Gasteiger partial charge on any atom is -0.497 e. The highest BCUT2D eigenvalue weighted by Crippen LogP contribution is 2.35. The van der Waals surface area contributed by atoms with Gasteiger partial charge in [-0.1, -0.05) is 12.1 Å². The van der Waals surface area contributed by atoms with E-state index in [0.29, 0.717) is 27.9 Å². The van der Waals surface area contributed by atoms with Crippen molar-refractivity contribution in [3.05, 3.63) is 83.8 Å². The standard InChI is InChI=1S/C23H19N3O6S/c1-31-16-10-8-15(9-11-16)18-13-19(20-6-4-12-32-20)26(24-18)22(27)14-25-23(28)17-5-2-3-7-21(17)33(25,29)30/h2-12,19H,13-14H2,1H3/t19-/m1/s1. The van der Waals surface area contributed by atoms with E-state index in [1.807, 2.05) is 12.1 Å². The van der Waals surface area contributed by atoms with Gasteiger partial charge in [-0.25, -0.2) is 17.7 Å². The van der Waals surface area contributed by atoms with Crippen LogP contribution in [0.5, 0.6) is 5.75 Å². The van der Waals surface area contributed by atoms with E-state index in [9.17, 15) is 18.0 Å². The van der Waals surface area contributed by atoms with E-state index < -0.39 is 34.4 Å². The first-order valence-electron chi connectivity index (χ1n) is 10.1. The van der Waals surface area contributed by atoms with Crippen molar-refractivity contribution in [2.75, 3.05) is 13.7 Å². The molecule has 0 N–H and O–H groups in total. The Morgan fingerprint density at radius 2 is 1.88 bits per heavy atom. The van der Waals surface area contributed by atoms with Crippen molar-refractivity contribution in [1.29, 1.82) is 0 Å². The first-order valence-corrected chi connectivity index (χ1v) is 11.6. The molecule has 2 aromatic carbocycles. The Morgan fingerprint density at radius 1 is 1.12 bits per heavy atom. The first kappa shape index (κ1) is 21.0. The topological polar surface area (TPSA) is 109 Å². The van der Waals surface area contributed by atoms with Crippen LogP contribution in [0.3, 0.4) is 0 Å². The van der Waals surface area contributed by atoms with Crippen molar-refractivity contribution in [3.63, 3.8) is 0 Å². The molecule has 0 bridgehead atoms. The van der Waals surface area contributed by atoms with Crippen LogP contribution in [0.1, 0.15) is 34.1 Å². The number of carbonyl (C=O) groups is 2. The average molecular weight is 465 g/mol. The molecule has 0 unspecified atom stereocenters. The molecule has 33 heavy (non-hydrogen) atoms. The fourth-order valence-corrected chi connectivity index (χ4v) is 5.50. The zero-order valence-corrected chi connectivity index (χ0v) is 18.4. The molecule has 10 heteroatoms. The van der Waals surface area contributed by atoms with Gasteiger partial charge in [0.25, 0.3) is 21.8 Å². The molecule has 168 valence electrons. The Labute approximate surface area is 189 Å². The van der Waals surface area contributed by atoms with E-state index in [2.05, 4.69) is 5.10 Å². The largest absolute Gasteiger partial charge is 0.497 e. The van der Waals surface area contributed by atoms with Gasteiger partial charge < -0.3 is 9.15 Å². The van der Waals surface area contributed by atoms with E-state index in [0.717, 1.165) is 5.56 Å². The van der Waals surface area contributed by atoms with Crippen molar-refractivity contribution < 1.29 is 27.2 Å². The lowest BCUT2D eigenvalue weighted by atomic mass is 10.0. The number of hydrogen-bond acceptors (Lipinski definition) is 7. The van der Waals surface area contributed by atoms with Gasteiger partial charge in [-0.2, -0.15) is 5.10 Å². The number of benzene rings is 2. The minimum atomic E-state index is -4.11. The molecule has 0 saturated carbocycles. The number of nitrogens with zero attached hydrogens (tertiary/aromatic N) is 3. The number of amides is 2. The summed E-state index contributed by atoms with van der Waals surface area (Å²) in [6.45, 7) is -0.660. The Morgan fingerprint density at radius 3 is 2.55 bits per heavy atom. The van der Waals surface area contributed by atoms with Crippen molar-refractivity contribution >= 4 is 27.5 Å². The Bertz CT molecular complexity index is 1360. The third-order valence-electron chi connectivity index (χ3n) is 5.65. The number of furan rings is 1. The average Bonchev–Trinajstić information content (AvgIpc) is 3.55. The van der Waals surface area contributed by atoms with Gasteiger partial charge in [-0.3, -0.25) is 9.59 Å². The number of hydrogen-bond donors (Lipinski definition) is 0. The van der Waals surface area contributed by atoms with Crippen molar-refractivity contribution in [3.8, 4) is 5.75 Å². The molecule has 0 radical (unpaired) electrons. The Kier molecular flexibility index (Phi) is 5.01. The monoisotopic (exact) mass is 465 g/mol. The molecule has 1 atom stereocenters. The lowest BCUT2D eigenvalue weighted by Gasteiger charge is -2.22. The van der Waals surface area contributed by atoms with Crippen molar-refractivity contribution in [1.82, 2.24) is 9.31 Å². The molecule has 9 nitrogen and oxygen atoms in total. The van der Waals surface area contributed by atoms with E-state index >= 15 is 0 Å². The van der Waals surface area contributed by atoms with Gasteiger partial charge in [0.05, 0.1) is 24.6 Å². The highest BCUT2D eigenvalue weighted by atomic mass is 32.2. The van der Waals surface area contributed by atoms with Gasteiger partial charge in [0, 0.05) is 6.42 Å². The van der Waals surface area contributed by atoms with Gasteiger partial charge in [0.15, 0.2) is 0 Å². The molecule has 3 aromatic rings. The maximum absolute atomic E-state index is 13.3. The number of fused-ring (bicyclic) bond motifs is 1. The Hall–Kier alpha value is -3.92. The van der Waals surface area contributed by atoms with Crippen LogP contribution < -0.4 is 4.74 Å². The molecule has 1 aromatic heterocycles. The van der Waals surface area contributed by atoms with Crippen LogP contribution in [0.2, 0.25) is 0 Å². The molecule has 0 spiro atoms. The minimum absolute atomic E-state index is 0.0525. The molecule has 5 rings (SSSR count). The quantitative estimate of drug-likeness (QED) is 0.573. The van der Waals surface area contributed by atoms with Crippen LogP contribution in [0.4, 0.5) is 0 Å². The van der Waals surface area contributed by atoms with Gasteiger partial charge in [-0.15, -0.1) is 0 Å². The second kappa shape index (κ2) is 7.89. The SMILES string of the molecule is COc1ccc(C2=NN(C(=O)CN3C(=O)c4ccccc4S3(=O)=O)[C@@H](c3ccco3)C2)cc1. The second-order valence-corrected chi connectivity index (χ2v) is 9.39. The Balaban J connectivity index is 1.45. The van der Waals surface area contributed by atoms with Crippen molar-refractivity contribution in [2.45, 2.75) is 17.4 Å². The van der Waals surface area contributed by atoms with Crippen LogP contribution >= 0.6 is 0 Å². The van der Waals surface area contributed by atoms with E-state index in [-0.39, 0.29) is 10.5 Å². The number of hydrazone groups is 1. The first-order chi connectivity index (χ1) is 15.9. The lowest BCUT2D eigenvalue weighted by molar-refractivity contribution is -0.133. The molecule has 2 aliphatic heterocycles. The van der Waals surface area contributed by atoms with Gasteiger partial charge in [0.1, 0.15) is 29.0 Å². The summed E-state index contributed by atoms with van der Waals surface area (Å²) >= 11 is 0. The van der Waals surface area contributed by atoms with E-state index in [4.69, 9.17) is 9.15 Å². The molecule has 0 aliphatic carbocycles. The fraction of sp³-hybridized carbons (Fsp3) is 0.174. The second-order valence-electron chi connectivity index (χ2n) is 7.56. The number of methoxy groups -OCH3 is 1. The summed E-state index contributed by atoms with van der Waals surface area (Å²) in [6.07, 6.45) is 1.86. The fourth-order valence-electron chi connectivity index (χ4n) is 3.98. The third kappa shape index (κ3) is 3.48. The van der Waals surface area contributed by atoms with Crippen molar-refractivity contribution in [2.24, 2.45) is 5.10 Å². The summed E-state index contributed by atoms with van der Waals surface area (Å²) in [5, 5.41) is 5.68. The maximum atomic E-state index is 13.3. The van der Waals surface area contributed by atoms with E-state index in [1.54, 1.807) is 37.4 Å². The molecule has 0 saturated heterocycles. The van der Waals surface area contributed by atoms with E-state index in [1.165, 1.54) is 29.5 Å². The molecule has 2 amide bonds. The number of carbonyl (C=O) groups excluding carboxylic acids is 2. The summed E-state index contributed by atoms with van der Waals surface area (Å²) in [6, 6.07) is 16.0. The van der Waals surface area contributed by atoms with Gasteiger partial charge in [0.2, 0.25) is 0 Å². The molecular formula is C23H19N3O6S. The zero-order chi connectivity index (χ0) is 23.2. The molecule has 2 aliphatic rings. The predicted octanol–water partition coefficient (Wildman–Crippen LogP) is 2.81. The summed E-state index contributed by atoms with van der Waals surface area (Å²) in [5.41, 5.74) is 1.47. The smallest absolute Gasteiger partial charge is 0.269 e. The third-order valence-corrected chi connectivity index (χ3v) is 7.44. The van der Waals surface area contributed by atoms with Gasteiger partial charge in [-0.05, 0) is 54.1 Å². The maximum Gasteiger partial charge on any atom is 0.269 e. The van der Waals surface area contributed by atoms with Crippen LogP contribution in [0.15, 0.2) is 81.3 Å². The number of ether oxygens (including phenoxy) is 1. The summed E-state index contributed by atoms with van der Waals surface area (Å²) in [5.74, 6) is -0.170. The van der Waals surface area contributed by atoms with Crippen LogP contribution in [-0.4, -0.2) is 48.9 Å². The highest BCUT2D eigenvalue weighted by Gasteiger charge is 2.44. The normalized spacial score (nSPS) is 18.9. The summed E-state index contributed by atoms with van der Waals surface area (Å²) in [4.78, 5) is 25.9. The lowest BCUT2D eigenvalue weighted by Crippen LogP contribution is -2.41. The molecule has 0 fully saturated rings. The predicted molar refractivity (Wildman–Crippen MR) is 117 cm³/mol. The molecular weight excluding hydrogens is 446 g/mol. The number of rotatable bonds is 5. The highest BCUT2D eigenvalue weighted by molar-refractivity contribution is 7.90. The number of sulfonamides is 1. The zero-order valence-electron chi connectivity index (χ0n) is 17.5.